The van der Waals surface area contributed by atoms with Crippen LogP contribution in [0.25, 0.3) is 0 Å². The Morgan fingerprint density at radius 1 is 1.22 bits per heavy atom. The van der Waals surface area contributed by atoms with Crippen LogP contribution in [0.3, 0.4) is 0 Å². The predicted octanol–water partition coefficient (Wildman–Crippen LogP) is 2.47. The highest BCUT2D eigenvalue weighted by Gasteiger charge is 2.20. The first-order valence-corrected chi connectivity index (χ1v) is 6.91. The maximum Gasteiger partial charge on any atom is 0.0236 e. The predicted molar refractivity (Wildman–Crippen MR) is 78.3 cm³/mol. The molecule has 18 heavy (non-hydrogen) atoms. The third-order valence-corrected chi connectivity index (χ3v) is 4.13. The SMILES string of the molecule is Cl.c1ccc2c(c1)CCN(CC1CCCNC1)C2. The summed E-state index contributed by atoms with van der Waals surface area (Å²) in [6.45, 7) is 6.12. The second kappa shape index (κ2) is 6.55. The van der Waals surface area contributed by atoms with Gasteiger partial charge in [0.1, 0.15) is 0 Å². The average Bonchev–Trinajstić information content (AvgIpc) is 2.40. The Hall–Kier alpha value is -0.570. The monoisotopic (exact) mass is 266 g/mol. The molecule has 2 nitrogen and oxygen atoms in total. The summed E-state index contributed by atoms with van der Waals surface area (Å²) in [6, 6.07) is 8.92. The normalized spacial score (nSPS) is 24.1. The van der Waals surface area contributed by atoms with E-state index in [0.29, 0.717) is 0 Å². The van der Waals surface area contributed by atoms with Crippen LogP contribution >= 0.6 is 12.4 Å². The molecule has 1 aromatic rings. The summed E-state index contributed by atoms with van der Waals surface area (Å²) in [5.41, 5.74) is 3.10. The molecule has 0 saturated carbocycles. The second-order valence-corrected chi connectivity index (χ2v) is 5.47. The van der Waals surface area contributed by atoms with Crippen LogP contribution < -0.4 is 5.32 Å². The summed E-state index contributed by atoms with van der Waals surface area (Å²) >= 11 is 0. The van der Waals surface area contributed by atoms with Crippen molar-refractivity contribution >= 4 is 12.4 Å². The number of hydrogen-bond acceptors (Lipinski definition) is 2. The number of benzene rings is 1. The van der Waals surface area contributed by atoms with Gasteiger partial charge in [-0.25, -0.2) is 0 Å². The number of rotatable bonds is 2. The lowest BCUT2D eigenvalue weighted by atomic mass is 9.95. The highest BCUT2D eigenvalue weighted by Crippen LogP contribution is 2.20. The van der Waals surface area contributed by atoms with Crippen molar-refractivity contribution in [2.75, 3.05) is 26.2 Å². The quantitative estimate of drug-likeness (QED) is 0.885. The molecule has 0 spiro atoms. The van der Waals surface area contributed by atoms with Gasteiger partial charge in [-0.05, 0) is 49.4 Å². The molecule has 1 aromatic carbocycles. The first-order valence-electron chi connectivity index (χ1n) is 6.91. The maximum atomic E-state index is 3.52. The van der Waals surface area contributed by atoms with E-state index in [2.05, 4.69) is 34.5 Å². The molecule has 1 unspecified atom stereocenters. The Kier molecular flexibility index (Phi) is 5.04. The molecule has 0 aromatic heterocycles. The number of fused-ring (bicyclic) bond motifs is 1. The van der Waals surface area contributed by atoms with Crippen LogP contribution in [0.1, 0.15) is 24.0 Å². The topological polar surface area (TPSA) is 15.3 Å². The van der Waals surface area contributed by atoms with Gasteiger partial charge in [0.2, 0.25) is 0 Å². The molecule has 1 saturated heterocycles. The van der Waals surface area contributed by atoms with Crippen molar-refractivity contribution < 1.29 is 0 Å². The van der Waals surface area contributed by atoms with E-state index in [1.54, 1.807) is 11.1 Å². The van der Waals surface area contributed by atoms with Gasteiger partial charge in [0.15, 0.2) is 0 Å². The lowest BCUT2D eigenvalue weighted by molar-refractivity contribution is 0.194. The van der Waals surface area contributed by atoms with Crippen molar-refractivity contribution in [3.05, 3.63) is 35.4 Å². The van der Waals surface area contributed by atoms with Crippen LogP contribution in [-0.2, 0) is 13.0 Å². The highest BCUT2D eigenvalue weighted by atomic mass is 35.5. The molecule has 2 aliphatic heterocycles. The molecule has 1 atom stereocenters. The molecule has 1 N–H and O–H groups in total. The van der Waals surface area contributed by atoms with Crippen molar-refractivity contribution in [1.82, 2.24) is 10.2 Å². The fourth-order valence-corrected chi connectivity index (χ4v) is 3.15. The van der Waals surface area contributed by atoms with Crippen LogP contribution in [-0.4, -0.2) is 31.1 Å². The first-order chi connectivity index (χ1) is 8.42. The van der Waals surface area contributed by atoms with Gasteiger partial charge >= 0.3 is 0 Å². The molecule has 3 heteroatoms. The molecule has 0 amide bonds. The van der Waals surface area contributed by atoms with E-state index in [9.17, 15) is 0 Å². The number of nitrogens with one attached hydrogen (secondary N) is 1. The van der Waals surface area contributed by atoms with E-state index in [1.807, 2.05) is 0 Å². The molecule has 2 aliphatic rings. The summed E-state index contributed by atoms with van der Waals surface area (Å²) in [5, 5.41) is 3.52. The third-order valence-electron chi connectivity index (χ3n) is 4.13. The Morgan fingerprint density at radius 3 is 2.83 bits per heavy atom. The van der Waals surface area contributed by atoms with Gasteiger partial charge in [-0.1, -0.05) is 24.3 Å². The second-order valence-electron chi connectivity index (χ2n) is 5.47. The van der Waals surface area contributed by atoms with Gasteiger partial charge in [-0.15, -0.1) is 12.4 Å². The van der Waals surface area contributed by atoms with Crippen molar-refractivity contribution in [1.29, 1.82) is 0 Å². The molecule has 0 bridgehead atoms. The number of hydrogen-bond donors (Lipinski definition) is 1. The van der Waals surface area contributed by atoms with E-state index < -0.39 is 0 Å². The van der Waals surface area contributed by atoms with Gasteiger partial charge in [0.05, 0.1) is 0 Å². The van der Waals surface area contributed by atoms with E-state index in [-0.39, 0.29) is 12.4 Å². The van der Waals surface area contributed by atoms with Crippen molar-refractivity contribution in [3.63, 3.8) is 0 Å². The van der Waals surface area contributed by atoms with Crippen molar-refractivity contribution in [2.24, 2.45) is 5.92 Å². The van der Waals surface area contributed by atoms with Gasteiger partial charge in [-0.3, -0.25) is 4.90 Å². The number of piperidine rings is 1. The summed E-state index contributed by atoms with van der Waals surface area (Å²) in [4.78, 5) is 2.64. The first kappa shape index (κ1) is 13.9. The zero-order valence-corrected chi connectivity index (χ0v) is 11.7. The van der Waals surface area contributed by atoms with Crippen LogP contribution in [0.2, 0.25) is 0 Å². The average molecular weight is 267 g/mol. The van der Waals surface area contributed by atoms with Crippen molar-refractivity contribution in [2.45, 2.75) is 25.8 Å². The number of nitrogens with zero attached hydrogens (tertiary/aromatic N) is 1. The molecule has 100 valence electrons. The van der Waals surface area contributed by atoms with E-state index in [4.69, 9.17) is 0 Å². The molecule has 0 radical (unpaired) electrons. The summed E-state index contributed by atoms with van der Waals surface area (Å²) < 4.78 is 0. The van der Waals surface area contributed by atoms with Gasteiger partial charge in [-0.2, -0.15) is 0 Å². The lowest BCUT2D eigenvalue weighted by Crippen LogP contribution is -2.40. The zero-order chi connectivity index (χ0) is 11.5. The fraction of sp³-hybridized carbons (Fsp3) is 0.600. The Balaban J connectivity index is 0.00000120. The molecule has 2 heterocycles. The minimum Gasteiger partial charge on any atom is -0.316 e. The van der Waals surface area contributed by atoms with Crippen LogP contribution in [0.15, 0.2) is 24.3 Å². The zero-order valence-electron chi connectivity index (χ0n) is 10.9. The third kappa shape index (κ3) is 3.25. The Bertz CT molecular complexity index is 375. The smallest absolute Gasteiger partial charge is 0.0236 e. The Labute approximate surface area is 116 Å². The number of halogens is 1. The molecular weight excluding hydrogens is 244 g/mol. The lowest BCUT2D eigenvalue weighted by Gasteiger charge is -2.33. The summed E-state index contributed by atoms with van der Waals surface area (Å²) in [7, 11) is 0. The maximum absolute atomic E-state index is 3.52. The minimum absolute atomic E-state index is 0. The molecule has 1 fully saturated rings. The van der Waals surface area contributed by atoms with Gasteiger partial charge < -0.3 is 5.32 Å². The highest BCUT2D eigenvalue weighted by molar-refractivity contribution is 5.85. The molecule has 0 aliphatic carbocycles. The molecular formula is C15H23ClN2. The van der Waals surface area contributed by atoms with Crippen LogP contribution in [0, 0.1) is 5.92 Å². The van der Waals surface area contributed by atoms with E-state index in [1.165, 1.54) is 45.4 Å². The summed E-state index contributed by atoms with van der Waals surface area (Å²) in [6.07, 6.45) is 4.00. The minimum atomic E-state index is 0. The van der Waals surface area contributed by atoms with Crippen LogP contribution in [0.4, 0.5) is 0 Å². The van der Waals surface area contributed by atoms with Gasteiger partial charge in [0.25, 0.3) is 0 Å². The summed E-state index contributed by atoms with van der Waals surface area (Å²) in [5.74, 6) is 0.869. The van der Waals surface area contributed by atoms with Gasteiger partial charge in [0, 0.05) is 19.6 Å². The molecule has 3 rings (SSSR count). The van der Waals surface area contributed by atoms with E-state index >= 15 is 0 Å². The van der Waals surface area contributed by atoms with Crippen LogP contribution in [0.5, 0.6) is 0 Å². The standard InChI is InChI=1S/C15H22N2.ClH/c1-2-6-15-12-17(9-7-14(15)5-1)11-13-4-3-8-16-10-13;/h1-2,5-6,13,16H,3-4,7-12H2;1H. The van der Waals surface area contributed by atoms with Crippen molar-refractivity contribution in [3.8, 4) is 0 Å². The fourth-order valence-electron chi connectivity index (χ4n) is 3.15. The van der Waals surface area contributed by atoms with E-state index in [0.717, 1.165) is 12.5 Å². The Morgan fingerprint density at radius 2 is 2.06 bits per heavy atom. The largest absolute Gasteiger partial charge is 0.316 e.